The maximum absolute atomic E-state index is 11.4. The largest absolute Gasteiger partial charge is 2.00 e. The van der Waals surface area contributed by atoms with Gasteiger partial charge in [-0.15, -0.1) is 13.0 Å². The molecule has 0 spiro atoms. The summed E-state index contributed by atoms with van der Waals surface area (Å²) in [7, 11) is 1.57. The topological polar surface area (TPSA) is 60.6 Å². The molecule has 0 saturated heterocycles. The van der Waals surface area contributed by atoms with Crippen LogP contribution in [-0.4, -0.2) is 18.7 Å². The molecule has 0 unspecified atom stereocenters. The molecule has 4 nitrogen and oxygen atoms in total. The second kappa shape index (κ2) is 7.10. The summed E-state index contributed by atoms with van der Waals surface area (Å²) in [6.07, 6.45) is 4.15. The molecule has 5 heteroatoms. The summed E-state index contributed by atoms with van der Waals surface area (Å²) in [5.41, 5.74) is 3.43. The van der Waals surface area contributed by atoms with Gasteiger partial charge < -0.3 is 15.5 Å². The van der Waals surface area contributed by atoms with Crippen LogP contribution >= 0.6 is 0 Å². The third-order valence-corrected chi connectivity index (χ3v) is 3.20. The quantitative estimate of drug-likeness (QED) is 0.519. The number of ether oxygens (including phenoxy) is 1. The molecule has 1 N–H and O–H groups in total. The molecule has 2 rings (SSSR count). The van der Waals surface area contributed by atoms with Gasteiger partial charge in [0.05, 0.1) is 12.9 Å². The van der Waals surface area contributed by atoms with Crippen molar-refractivity contribution in [2.45, 2.75) is 26.7 Å². The molecule has 0 radical (unpaired) electrons. The minimum Gasteiger partial charge on any atom is -0.876 e. The Labute approximate surface area is 142 Å². The van der Waals surface area contributed by atoms with Gasteiger partial charge in [0.2, 0.25) is 5.91 Å². The van der Waals surface area contributed by atoms with Crippen molar-refractivity contribution in [2.75, 3.05) is 12.4 Å². The van der Waals surface area contributed by atoms with E-state index in [0.717, 1.165) is 16.8 Å². The second-order valence-corrected chi connectivity index (χ2v) is 4.47. The molecule has 0 aliphatic carbocycles. The van der Waals surface area contributed by atoms with Crippen molar-refractivity contribution >= 4 is 22.9 Å². The van der Waals surface area contributed by atoms with E-state index in [1.165, 1.54) is 0 Å². The van der Waals surface area contributed by atoms with Gasteiger partial charge in [-0.1, -0.05) is 12.5 Å². The van der Waals surface area contributed by atoms with E-state index in [9.17, 15) is 10.2 Å². The number of aryl methyl sites for hydroxylation is 1. The van der Waals surface area contributed by atoms with Crippen LogP contribution in [0.2, 0.25) is 0 Å². The molecule has 1 aliphatic rings. The number of hydrogen-bond acceptors (Lipinski definition) is 2. The van der Waals surface area contributed by atoms with Gasteiger partial charge in [-0.25, -0.2) is 11.6 Å². The molecule has 102 valence electrons. The number of nitrogens with one attached hydrogen (secondary N) is 1. The summed E-state index contributed by atoms with van der Waals surface area (Å²) in [6, 6.07) is 3.74. The molecular weight excluding hydrogens is 478 g/mol. The first kappa shape index (κ1) is 17.0. The average molecular weight is 494 g/mol. The summed E-state index contributed by atoms with van der Waals surface area (Å²) in [5.74, 6) is 0.628. The van der Waals surface area contributed by atoms with E-state index in [-0.39, 0.29) is 42.7 Å². The van der Waals surface area contributed by atoms with Crippen LogP contribution in [0.5, 0.6) is 5.75 Å². The number of methoxy groups -OCH3 is 1. The summed E-state index contributed by atoms with van der Waals surface area (Å²) < 4.78 is 5.34. The van der Waals surface area contributed by atoms with Crippen LogP contribution in [0.15, 0.2) is 12.1 Å². The number of amides is 1. The molecule has 0 aromatic heterocycles. The number of nitrogens with zero attached hydrogens (tertiary/aromatic N) is 1. The van der Waals surface area contributed by atoms with Crippen LogP contribution in [0.1, 0.15) is 31.4 Å². The summed E-state index contributed by atoms with van der Waals surface area (Å²) in [5, 5.41) is 12.6. The van der Waals surface area contributed by atoms with Gasteiger partial charge in [-0.3, -0.25) is 10.5 Å². The summed E-state index contributed by atoms with van der Waals surface area (Å²) in [4.78, 5) is 11.4. The van der Waals surface area contributed by atoms with E-state index in [1.54, 1.807) is 27.0 Å². The Morgan fingerprint density at radius 3 is 2.65 bits per heavy atom. The zero-order valence-corrected chi connectivity index (χ0v) is 16.0. The molecule has 0 atom stereocenters. The Kier molecular flexibility index (Phi) is 6.04. The molecule has 1 aromatic rings. The number of carbonyl (C=O) groups excluding carboxylic acids is 1. The SMILES string of the molecule is C[C-]=C(C(C)=[N-])c1cc2c(cc1OC)NC(=O)CC2.[U+2]. The normalized spacial score (nSPS) is 13.9. The van der Waals surface area contributed by atoms with Gasteiger partial charge in [-0.2, -0.15) is 0 Å². The first-order valence-electron chi connectivity index (χ1n) is 6.15. The van der Waals surface area contributed by atoms with E-state index in [1.807, 2.05) is 6.07 Å². The van der Waals surface area contributed by atoms with Crippen molar-refractivity contribution in [3.63, 3.8) is 0 Å². The molecular formula is C15H16N2O2U. The molecule has 1 amide bonds. The zero-order valence-electron chi connectivity index (χ0n) is 11.8. The van der Waals surface area contributed by atoms with Gasteiger partial charge in [0.1, 0.15) is 0 Å². The Hall–Kier alpha value is -1.05. The van der Waals surface area contributed by atoms with E-state index in [0.29, 0.717) is 24.2 Å². The number of anilines is 1. The number of allylic oxidation sites excluding steroid dienone is 2. The fraction of sp³-hybridized carbons (Fsp3) is 0.333. The molecule has 0 fully saturated rings. The number of fused-ring (bicyclic) bond motifs is 1. The molecule has 1 heterocycles. The van der Waals surface area contributed by atoms with Crippen LogP contribution in [-0.2, 0) is 11.2 Å². The van der Waals surface area contributed by atoms with Gasteiger partial charge >= 0.3 is 31.1 Å². The molecule has 1 aromatic carbocycles. The van der Waals surface area contributed by atoms with Gasteiger partial charge in [0.15, 0.2) is 0 Å². The molecule has 20 heavy (non-hydrogen) atoms. The number of benzene rings is 1. The Morgan fingerprint density at radius 1 is 1.40 bits per heavy atom. The average Bonchev–Trinajstić information content (AvgIpc) is 2.38. The monoisotopic (exact) mass is 494 g/mol. The van der Waals surface area contributed by atoms with Crippen LogP contribution < -0.4 is 10.1 Å². The van der Waals surface area contributed by atoms with Gasteiger partial charge in [0.25, 0.3) is 0 Å². The van der Waals surface area contributed by atoms with Crippen LogP contribution in [0.3, 0.4) is 0 Å². The summed E-state index contributed by atoms with van der Waals surface area (Å²) in [6.45, 7) is 3.36. The van der Waals surface area contributed by atoms with Crippen molar-refractivity contribution in [2.24, 2.45) is 0 Å². The Morgan fingerprint density at radius 2 is 2.10 bits per heavy atom. The third-order valence-electron chi connectivity index (χ3n) is 3.20. The van der Waals surface area contributed by atoms with Crippen molar-refractivity contribution in [1.29, 1.82) is 0 Å². The number of hydrogen-bond donors (Lipinski definition) is 1. The van der Waals surface area contributed by atoms with Crippen LogP contribution in [0.4, 0.5) is 5.69 Å². The fourth-order valence-corrected chi connectivity index (χ4v) is 2.28. The van der Waals surface area contributed by atoms with E-state index in [4.69, 9.17) is 4.74 Å². The van der Waals surface area contributed by atoms with E-state index < -0.39 is 0 Å². The first-order valence-corrected chi connectivity index (χ1v) is 6.15. The van der Waals surface area contributed by atoms with Crippen molar-refractivity contribution in [1.82, 2.24) is 0 Å². The minimum atomic E-state index is 0. The van der Waals surface area contributed by atoms with E-state index in [2.05, 4.69) is 11.4 Å². The molecule has 0 bridgehead atoms. The molecule has 1 aliphatic heterocycles. The van der Waals surface area contributed by atoms with Gasteiger partial charge in [0, 0.05) is 12.1 Å². The third kappa shape index (κ3) is 3.34. The Bertz CT molecular complexity index is 579. The molecule has 0 saturated carbocycles. The predicted molar refractivity (Wildman–Crippen MR) is 76.3 cm³/mol. The fourth-order valence-electron chi connectivity index (χ4n) is 2.28. The van der Waals surface area contributed by atoms with Crippen LogP contribution in [0, 0.1) is 37.2 Å². The van der Waals surface area contributed by atoms with Crippen molar-refractivity contribution < 1.29 is 40.6 Å². The van der Waals surface area contributed by atoms with Crippen molar-refractivity contribution in [3.8, 4) is 5.75 Å². The Balaban J connectivity index is 0.00000200. The summed E-state index contributed by atoms with van der Waals surface area (Å²) >= 11 is 0. The number of rotatable bonds is 3. The smallest absolute Gasteiger partial charge is 0.876 e. The second-order valence-electron chi connectivity index (χ2n) is 4.47. The minimum absolute atomic E-state index is 0. The number of carbonyl (C=O) groups is 1. The standard InChI is InChI=1S/C15H16N2O2.U/c1-4-11(9(2)16)12-7-10-5-6-15(18)17-13(10)8-14(12)19-3;/h7-8H,5-6H2,1-3H3,(H,17,18);/q-2;+2. The maximum atomic E-state index is 11.4. The van der Waals surface area contributed by atoms with Gasteiger partial charge in [-0.05, 0) is 18.1 Å². The van der Waals surface area contributed by atoms with Crippen LogP contribution in [0.25, 0.3) is 11.0 Å². The van der Waals surface area contributed by atoms with E-state index >= 15 is 0 Å². The first-order chi connectivity index (χ1) is 9.06. The predicted octanol–water partition coefficient (Wildman–Crippen LogP) is 2.82. The maximum Gasteiger partial charge on any atom is 2.00 e. The van der Waals surface area contributed by atoms with Crippen molar-refractivity contribution in [3.05, 3.63) is 34.7 Å². The zero-order chi connectivity index (χ0) is 14.0.